The minimum absolute atomic E-state index is 0.413. The molecule has 0 amide bonds. The van der Waals surface area contributed by atoms with Gasteiger partial charge in [0, 0.05) is 22.3 Å². The van der Waals surface area contributed by atoms with Gasteiger partial charge in [-0.15, -0.1) is 0 Å². The van der Waals surface area contributed by atoms with Crippen molar-refractivity contribution in [3.63, 3.8) is 0 Å². The van der Waals surface area contributed by atoms with Crippen LogP contribution in [-0.2, 0) is 0 Å². The zero-order chi connectivity index (χ0) is 40.3. The SMILES string of the molecule is C/C=C(C)/C(=C(/C1=CCCC=C1)c1ccc(C#Cc2ccc(C#Cc3ccc(/C(=C(\C4=CC=CCC4)c4ccc(C)cc4)c4ccccc4)cc3)cc2)cc1)C(C)C. The quantitative estimate of drug-likeness (QED) is 0.0842. The van der Waals surface area contributed by atoms with E-state index in [9.17, 15) is 0 Å². The molecule has 0 heterocycles. The van der Waals surface area contributed by atoms with E-state index >= 15 is 0 Å². The number of allylic oxidation sites excluding steroid dienone is 13. The van der Waals surface area contributed by atoms with Crippen LogP contribution in [0.4, 0.5) is 0 Å². The largest absolute Gasteiger partial charge is 0.0844 e. The molecule has 0 saturated carbocycles. The van der Waals surface area contributed by atoms with Crippen molar-refractivity contribution in [3.05, 3.63) is 242 Å². The van der Waals surface area contributed by atoms with Gasteiger partial charge in [0.2, 0.25) is 0 Å². The standard InChI is InChI=1S/C58H52/c1-6-44(5)55(42(2)3)56(49-16-10-7-11-17-49)53-38-32-47(33-39-53)30-28-45-24-26-46(27-25-45)29-31-48-34-40-54(41-35-48)58(51-20-14-9-15-21-51)57(50-18-12-8-13-19-50)52-36-22-43(4)23-37-52/h6,8-10,12,14-18,20-27,32-42H,7,11,13,19H2,1-5H3/b44-6+,56-55-,58-57+. The van der Waals surface area contributed by atoms with Gasteiger partial charge in [0.1, 0.15) is 0 Å². The number of aryl methyl sites for hydroxylation is 1. The summed E-state index contributed by atoms with van der Waals surface area (Å²) in [5.41, 5.74) is 19.3. The lowest BCUT2D eigenvalue weighted by Gasteiger charge is -2.22. The Kier molecular flexibility index (Phi) is 13.0. The van der Waals surface area contributed by atoms with E-state index in [1.165, 1.54) is 66.8 Å². The fraction of sp³-hybridized carbons (Fsp3) is 0.172. The number of rotatable bonds is 8. The first-order chi connectivity index (χ1) is 28.4. The van der Waals surface area contributed by atoms with Gasteiger partial charge in [-0.05, 0) is 157 Å². The summed E-state index contributed by atoms with van der Waals surface area (Å²) in [6.07, 6.45) is 20.2. The summed E-state index contributed by atoms with van der Waals surface area (Å²) >= 11 is 0. The van der Waals surface area contributed by atoms with Gasteiger partial charge in [0.15, 0.2) is 0 Å². The average molecular weight is 749 g/mol. The third kappa shape index (κ3) is 9.67. The van der Waals surface area contributed by atoms with E-state index in [4.69, 9.17) is 0 Å². The van der Waals surface area contributed by atoms with Crippen molar-refractivity contribution in [2.24, 2.45) is 5.92 Å². The molecule has 2 aliphatic rings. The van der Waals surface area contributed by atoms with Crippen LogP contribution < -0.4 is 0 Å². The van der Waals surface area contributed by atoms with E-state index in [-0.39, 0.29) is 0 Å². The number of hydrogen-bond donors (Lipinski definition) is 0. The molecule has 58 heavy (non-hydrogen) atoms. The third-order valence-electron chi connectivity index (χ3n) is 10.9. The fourth-order valence-corrected chi connectivity index (χ4v) is 7.82. The normalized spacial score (nSPS) is 14.6. The van der Waals surface area contributed by atoms with E-state index in [1.807, 2.05) is 0 Å². The second-order valence-corrected chi connectivity index (χ2v) is 15.4. The molecule has 0 heteroatoms. The summed E-state index contributed by atoms with van der Waals surface area (Å²) in [4.78, 5) is 0. The highest BCUT2D eigenvalue weighted by atomic mass is 14.2. The summed E-state index contributed by atoms with van der Waals surface area (Å²) in [7, 11) is 0. The molecule has 0 aromatic heterocycles. The Labute approximate surface area is 347 Å². The molecule has 0 aliphatic heterocycles. The Bertz CT molecular complexity index is 2580. The van der Waals surface area contributed by atoms with Gasteiger partial charge in [-0.1, -0.05) is 170 Å². The van der Waals surface area contributed by atoms with Crippen molar-refractivity contribution in [2.45, 2.75) is 60.3 Å². The van der Waals surface area contributed by atoms with Crippen molar-refractivity contribution in [3.8, 4) is 23.7 Å². The zero-order valence-corrected chi connectivity index (χ0v) is 34.6. The maximum Gasteiger partial charge on any atom is 0.0249 e. The molecule has 0 saturated heterocycles. The lowest BCUT2D eigenvalue weighted by Crippen LogP contribution is -2.04. The highest BCUT2D eigenvalue weighted by Crippen LogP contribution is 2.40. The van der Waals surface area contributed by atoms with Gasteiger partial charge >= 0.3 is 0 Å². The number of benzene rings is 5. The minimum Gasteiger partial charge on any atom is -0.0844 e. The molecule has 7 rings (SSSR count). The minimum atomic E-state index is 0.413. The molecule has 2 aliphatic carbocycles. The monoisotopic (exact) mass is 748 g/mol. The highest BCUT2D eigenvalue weighted by molar-refractivity contribution is 6.04. The first kappa shape index (κ1) is 39.6. The molecule has 0 unspecified atom stereocenters. The van der Waals surface area contributed by atoms with Crippen LogP contribution in [0.3, 0.4) is 0 Å². The first-order valence-corrected chi connectivity index (χ1v) is 20.7. The van der Waals surface area contributed by atoms with Crippen LogP contribution in [-0.4, -0.2) is 0 Å². The number of hydrogen-bond acceptors (Lipinski definition) is 0. The molecule has 0 atom stereocenters. The Morgan fingerprint density at radius 3 is 1.53 bits per heavy atom. The lowest BCUT2D eigenvalue weighted by atomic mass is 9.82. The third-order valence-corrected chi connectivity index (χ3v) is 10.9. The summed E-state index contributed by atoms with van der Waals surface area (Å²) in [6, 6.07) is 45.5. The zero-order valence-electron chi connectivity index (χ0n) is 34.6. The maximum absolute atomic E-state index is 3.40. The van der Waals surface area contributed by atoms with Crippen LogP contribution in [0.1, 0.15) is 103 Å². The van der Waals surface area contributed by atoms with Crippen molar-refractivity contribution in [1.29, 1.82) is 0 Å². The second-order valence-electron chi connectivity index (χ2n) is 15.4. The van der Waals surface area contributed by atoms with Crippen molar-refractivity contribution in [1.82, 2.24) is 0 Å². The van der Waals surface area contributed by atoms with Gasteiger partial charge in [0.05, 0.1) is 0 Å². The molecule has 0 radical (unpaired) electrons. The predicted molar refractivity (Wildman–Crippen MR) is 249 cm³/mol. The molecular weight excluding hydrogens is 697 g/mol. The van der Waals surface area contributed by atoms with Crippen molar-refractivity contribution in [2.75, 3.05) is 0 Å². The average Bonchev–Trinajstić information content (AvgIpc) is 3.27. The summed E-state index contributed by atoms with van der Waals surface area (Å²) in [5.74, 6) is 13.9. The summed E-state index contributed by atoms with van der Waals surface area (Å²) in [5, 5.41) is 0. The van der Waals surface area contributed by atoms with Gasteiger partial charge in [-0.25, -0.2) is 0 Å². The Morgan fingerprint density at radius 2 is 1.05 bits per heavy atom. The predicted octanol–water partition coefficient (Wildman–Crippen LogP) is 14.7. The van der Waals surface area contributed by atoms with E-state index in [0.717, 1.165) is 47.9 Å². The molecule has 0 fully saturated rings. The van der Waals surface area contributed by atoms with E-state index < -0.39 is 0 Å². The molecule has 0 N–H and O–H groups in total. The molecular formula is C58H52. The first-order valence-electron chi connectivity index (χ1n) is 20.7. The Hall–Kier alpha value is -6.60. The van der Waals surface area contributed by atoms with Crippen molar-refractivity contribution < 1.29 is 0 Å². The van der Waals surface area contributed by atoms with Gasteiger partial charge in [0.25, 0.3) is 0 Å². The van der Waals surface area contributed by atoms with Crippen LogP contribution in [0.5, 0.6) is 0 Å². The lowest BCUT2D eigenvalue weighted by molar-refractivity contribution is 0.779. The maximum atomic E-state index is 3.40. The van der Waals surface area contributed by atoms with Gasteiger partial charge < -0.3 is 0 Å². The molecule has 284 valence electrons. The van der Waals surface area contributed by atoms with Gasteiger partial charge in [-0.2, -0.15) is 0 Å². The second kappa shape index (κ2) is 19.0. The van der Waals surface area contributed by atoms with Crippen LogP contribution in [0, 0.1) is 36.5 Å². The summed E-state index contributed by atoms with van der Waals surface area (Å²) in [6.45, 7) is 11.1. The van der Waals surface area contributed by atoms with E-state index in [0.29, 0.717) is 5.92 Å². The van der Waals surface area contributed by atoms with Crippen LogP contribution in [0.2, 0.25) is 0 Å². The fourth-order valence-electron chi connectivity index (χ4n) is 7.82. The molecule has 5 aromatic carbocycles. The smallest absolute Gasteiger partial charge is 0.0249 e. The Morgan fingerprint density at radius 1 is 0.552 bits per heavy atom. The van der Waals surface area contributed by atoms with E-state index in [1.54, 1.807) is 0 Å². The molecule has 0 spiro atoms. The van der Waals surface area contributed by atoms with Crippen LogP contribution >= 0.6 is 0 Å². The molecule has 5 aromatic rings. The highest BCUT2D eigenvalue weighted by Gasteiger charge is 2.19. The van der Waals surface area contributed by atoms with Crippen LogP contribution in [0.15, 0.2) is 192 Å². The topological polar surface area (TPSA) is 0 Å². The van der Waals surface area contributed by atoms with Crippen molar-refractivity contribution >= 4 is 16.7 Å². The van der Waals surface area contributed by atoms with E-state index in [2.05, 4.69) is 228 Å². The van der Waals surface area contributed by atoms with Crippen LogP contribution in [0.25, 0.3) is 16.7 Å². The van der Waals surface area contributed by atoms with Gasteiger partial charge in [-0.3, -0.25) is 0 Å². The molecule has 0 nitrogen and oxygen atoms in total. The summed E-state index contributed by atoms with van der Waals surface area (Å²) < 4.78 is 0. The molecule has 0 bridgehead atoms. The Balaban J connectivity index is 1.11.